The van der Waals surface area contributed by atoms with Crippen LogP contribution in [0.2, 0.25) is 0 Å². The fraction of sp³-hybridized carbons (Fsp3) is 0.353. The van der Waals surface area contributed by atoms with Gasteiger partial charge in [0, 0.05) is 11.4 Å². The SMILES string of the molecule is O=C(COC(=O)c1cc2ccccc2o1)NC(=O)NC1CCCC1. The molecule has 1 saturated carbocycles. The fourth-order valence-corrected chi connectivity index (χ4v) is 2.74. The van der Waals surface area contributed by atoms with E-state index in [1.807, 2.05) is 6.07 Å². The minimum atomic E-state index is -0.752. The van der Waals surface area contributed by atoms with Gasteiger partial charge in [0.2, 0.25) is 5.76 Å². The first-order valence-corrected chi connectivity index (χ1v) is 7.88. The molecule has 0 aliphatic heterocycles. The van der Waals surface area contributed by atoms with Crippen molar-refractivity contribution in [2.75, 3.05) is 6.61 Å². The number of benzene rings is 1. The summed E-state index contributed by atoms with van der Waals surface area (Å²) in [5.41, 5.74) is 0.560. The number of imide groups is 1. The van der Waals surface area contributed by atoms with Crippen molar-refractivity contribution in [2.24, 2.45) is 0 Å². The maximum atomic E-state index is 11.9. The molecule has 0 atom stereocenters. The Morgan fingerprint density at radius 2 is 1.92 bits per heavy atom. The van der Waals surface area contributed by atoms with Crippen molar-refractivity contribution in [1.82, 2.24) is 10.6 Å². The zero-order valence-corrected chi connectivity index (χ0v) is 13.0. The number of para-hydroxylation sites is 1. The maximum Gasteiger partial charge on any atom is 0.374 e. The highest BCUT2D eigenvalue weighted by atomic mass is 16.5. The lowest BCUT2D eigenvalue weighted by Gasteiger charge is -2.12. The molecule has 2 aromatic rings. The molecule has 0 unspecified atom stereocenters. The molecule has 0 spiro atoms. The van der Waals surface area contributed by atoms with Gasteiger partial charge in [-0.1, -0.05) is 31.0 Å². The monoisotopic (exact) mass is 330 g/mol. The lowest BCUT2D eigenvalue weighted by atomic mass is 10.2. The largest absolute Gasteiger partial charge is 0.450 e. The summed E-state index contributed by atoms with van der Waals surface area (Å²) in [6.45, 7) is -0.548. The van der Waals surface area contributed by atoms with Gasteiger partial charge in [-0.15, -0.1) is 0 Å². The summed E-state index contributed by atoms with van der Waals surface area (Å²) in [5, 5.41) is 5.63. The molecule has 1 aromatic carbocycles. The topological polar surface area (TPSA) is 97.6 Å². The van der Waals surface area contributed by atoms with Crippen LogP contribution < -0.4 is 10.6 Å². The number of fused-ring (bicyclic) bond motifs is 1. The van der Waals surface area contributed by atoms with Crippen LogP contribution in [0.4, 0.5) is 4.79 Å². The second kappa shape index (κ2) is 7.16. The molecule has 1 aromatic heterocycles. The first-order valence-electron chi connectivity index (χ1n) is 7.88. The average molecular weight is 330 g/mol. The van der Waals surface area contributed by atoms with Crippen molar-refractivity contribution in [3.63, 3.8) is 0 Å². The molecule has 1 aliphatic rings. The zero-order chi connectivity index (χ0) is 16.9. The summed E-state index contributed by atoms with van der Waals surface area (Å²) in [6.07, 6.45) is 3.99. The van der Waals surface area contributed by atoms with Crippen molar-refractivity contribution < 1.29 is 23.5 Å². The van der Waals surface area contributed by atoms with E-state index in [2.05, 4.69) is 10.6 Å². The fourth-order valence-electron chi connectivity index (χ4n) is 2.74. The Morgan fingerprint density at radius 1 is 1.17 bits per heavy atom. The van der Waals surface area contributed by atoms with Gasteiger partial charge in [0.1, 0.15) is 5.58 Å². The number of carbonyl (C=O) groups excluding carboxylic acids is 3. The van der Waals surface area contributed by atoms with Crippen LogP contribution >= 0.6 is 0 Å². The molecule has 0 bridgehead atoms. The van der Waals surface area contributed by atoms with Gasteiger partial charge in [-0.25, -0.2) is 9.59 Å². The van der Waals surface area contributed by atoms with Gasteiger partial charge in [0.15, 0.2) is 6.61 Å². The van der Waals surface area contributed by atoms with Crippen LogP contribution in [0.5, 0.6) is 0 Å². The average Bonchev–Trinajstić information content (AvgIpc) is 3.21. The smallest absolute Gasteiger partial charge is 0.374 e. The second-order valence-electron chi connectivity index (χ2n) is 5.73. The molecule has 1 fully saturated rings. The first-order chi connectivity index (χ1) is 11.6. The van der Waals surface area contributed by atoms with E-state index >= 15 is 0 Å². The molecule has 2 N–H and O–H groups in total. The minimum Gasteiger partial charge on any atom is -0.450 e. The van der Waals surface area contributed by atoms with Crippen molar-refractivity contribution in [2.45, 2.75) is 31.7 Å². The molecular weight excluding hydrogens is 312 g/mol. The van der Waals surface area contributed by atoms with Crippen molar-refractivity contribution >= 4 is 28.9 Å². The van der Waals surface area contributed by atoms with Gasteiger partial charge >= 0.3 is 12.0 Å². The van der Waals surface area contributed by atoms with Gasteiger partial charge in [-0.2, -0.15) is 0 Å². The van der Waals surface area contributed by atoms with Crippen molar-refractivity contribution in [1.29, 1.82) is 0 Å². The van der Waals surface area contributed by atoms with E-state index in [1.165, 1.54) is 0 Å². The number of ether oxygens (including phenoxy) is 1. The van der Waals surface area contributed by atoms with Gasteiger partial charge in [-0.05, 0) is 25.0 Å². The normalized spacial score (nSPS) is 14.5. The second-order valence-corrected chi connectivity index (χ2v) is 5.73. The van der Waals surface area contributed by atoms with Crippen LogP contribution in [0, 0.1) is 0 Å². The summed E-state index contributed by atoms with van der Waals surface area (Å²) < 4.78 is 10.2. The Balaban J connectivity index is 1.46. The van der Waals surface area contributed by atoms with Crippen LogP contribution in [-0.2, 0) is 9.53 Å². The molecule has 3 rings (SSSR count). The summed E-state index contributed by atoms with van der Waals surface area (Å²) >= 11 is 0. The van der Waals surface area contributed by atoms with E-state index in [0.29, 0.717) is 5.58 Å². The predicted molar refractivity (Wildman–Crippen MR) is 85.4 cm³/mol. The van der Waals surface area contributed by atoms with Crippen LogP contribution in [0.15, 0.2) is 34.7 Å². The predicted octanol–water partition coefficient (Wildman–Crippen LogP) is 2.36. The number of furan rings is 1. The lowest BCUT2D eigenvalue weighted by Crippen LogP contribution is -2.44. The summed E-state index contributed by atoms with van der Waals surface area (Å²) in [5.74, 6) is -1.42. The molecule has 0 saturated heterocycles. The number of nitrogens with one attached hydrogen (secondary N) is 2. The van der Waals surface area contributed by atoms with E-state index in [1.54, 1.807) is 24.3 Å². The van der Waals surface area contributed by atoms with Gasteiger partial charge in [-0.3, -0.25) is 10.1 Å². The highest BCUT2D eigenvalue weighted by molar-refractivity contribution is 5.97. The Bertz CT molecular complexity index is 728. The van der Waals surface area contributed by atoms with Crippen LogP contribution in [0.25, 0.3) is 11.0 Å². The first kappa shape index (κ1) is 16.0. The Morgan fingerprint density at radius 3 is 2.67 bits per heavy atom. The molecule has 7 nitrogen and oxygen atoms in total. The third kappa shape index (κ3) is 3.92. The Kier molecular flexibility index (Phi) is 4.79. The highest BCUT2D eigenvalue weighted by Crippen LogP contribution is 2.19. The molecule has 1 aliphatic carbocycles. The van der Waals surface area contributed by atoms with Gasteiger partial charge in [0.25, 0.3) is 5.91 Å². The van der Waals surface area contributed by atoms with E-state index in [4.69, 9.17) is 9.15 Å². The van der Waals surface area contributed by atoms with Crippen LogP contribution in [0.1, 0.15) is 36.2 Å². The van der Waals surface area contributed by atoms with E-state index < -0.39 is 24.5 Å². The molecule has 1 heterocycles. The molecule has 3 amide bonds. The number of urea groups is 1. The standard InChI is InChI=1S/C17H18N2O5/c20-15(19-17(22)18-12-6-2-3-7-12)10-23-16(21)14-9-11-5-1-4-8-13(11)24-14/h1,4-5,8-9,12H,2-3,6-7,10H2,(H2,18,19,20,22). The molecule has 7 heteroatoms. The number of esters is 1. The molecule has 126 valence electrons. The summed E-state index contributed by atoms with van der Waals surface area (Å²) in [7, 11) is 0. The summed E-state index contributed by atoms with van der Waals surface area (Å²) in [4.78, 5) is 35.2. The van der Waals surface area contributed by atoms with Crippen LogP contribution in [0.3, 0.4) is 0 Å². The quantitative estimate of drug-likeness (QED) is 0.839. The number of amides is 3. The zero-order valence-electron chi connectivity index (χ0n) is 13.0. The number of rotatable bonds is 4. The van der Waals surface area contributed by atoms with E-state index in [-0.39, 0.29) is 11.8 Å². The Hall–Kier alpha value is -2.83. The van der Waals surface area contributed by atoms with E-state index in [0.717, 1.165) is 31.1 Å². The van der Waals surface area contributed by atoms with Gasteiger partial charge < -0.3 is 14.5 Å². The van der Waals surface area contributed by atoms with E-state index in [9.17, 15) is 14.4 Å². The lowest BCUT2D eigenvalue weighted by molar-refractivity contribution is -0.123. The minimum absolute atomic E-state index is 0.0133. The number of carbonyl (C=O) groups is 3. The number of hydrogen-bond acceptors (Lipinski definition) is 5. The van der Waals surface area contributed by atoms with Crippen LogP contribution in [-0.4, -0.2) is 30.6 Å². The third-order valence-electron chi connectivity index (χ3n) is 3.90. The highest BCUT2D eigenvalue weighted by Gasteiger charge is 2.19. The molecule has 0 radical (unpaired) electrons. The summed E-state index contributed by atoms with van der Waals surface area (Å²) in [6, 6.07) is 8.23. The molecule has 24 heavy (non-hydrogen) atoms. The van der Waals surface area contributed by atoms with Crippen molar-refractivity contribution in [3.8, 4) is 0 Å². The molecular formula is C17H18N2O5. The van der Waals surface area contributed by atoms with Crippen molar-refractivity contribution in [3.05, 3.63) is 36.1 Å². The number of hydrogen-bond donors (Lipinski definition) is 2. The Labute approximate surface area is 138 Å². The third-order valence-corrected chi connectivity index (χ3v) is 3.90. The van der Waals surface area contributed by atoms with Gasteiger partial charge in [0.05, 0.1) is 0 Å². The maximum absolute atomic E-state index is 11.9.